The van der Waals surface area contributed by atoms with E-state index in [-0.39, 0.29) is 34.7 Å². The highest BCUT2D eigenvalue weighted by Gasteiger charge is 2.39. The Bertz CT molecular complexity index is 1360. The van der Waals surface area contributed by atoms with Gasteiger partial charge in [0.15, 0.2) is 5.82 Å². The maximum absolute atomic E-state index is 13.5. The Morgan fingerprint density at radius 2 is 2.08 bits per heavy atom. The number of pyridine rings is 2. The molecular formula is C26H25ClF3N5O4. The second-order valence-electron chi connectivity index (χ2n) is 9.31. The van der Waals surface area contributed by atoms with E-state index in [1.165, 1.54) is 29.3 Å². The van der Waals surface area contributed by atoms with E-state index in [2.05, 4.69) is 20.2 Å². The maximum atomic E-state index is 13.5. The summed E-state index contributed by atoms with van der Waals surface area (Å²) in [6, 6.07) is 8.78. The molecule has 5 rings (SSSR count). The zero-order valence-electron chi connectivity index (χ0n) is 20.5. The third-order valence-electron chi connectivity index (χ3n) is 6.57. The van der Waals surface area contributed by atoms with E-state index in [4.69, 9.17) is 21.4 Å². The number of urea groups is 1. The van der Waals surface area contributed by atoms with Gasteiger partial charge in [-0.3, -0.25) is 10.2 Å². The Morgan fingerprint density at radius 1 is 1.26 bits per heavy atom. The summed E-state index contributed by atoms with van der Waals surface area (Å²) >= 11 is 6.52. The quantitative estimate of drug-likeness (QED) is 0.403. The topological polar surface area (TPSA) is 111 Å². The highest BCUT2D eigenvalue weighted by atomic mass is 35.5. The van der Waals surface area contributed by atoms with Crippen molar-refractivity contribution in [2.45, 2.75) is 31.2 Å². The summed E-state index contributed by atoms with van der Waals surface area (Å²) in [5.74, 6) is 0.883. The van der Waals surface area contributed by atoms with Crippen molar-refractivity contribution in [1.82, 2.24) is 9.97 Å². The number of carbonyl (C=O) groups excluding carboxylic acids is 1. The largest absolute Gasteiger partial charge is 0.489 e. The van der Waals surface area contributed by atoms with Crippen LogP contribution in [0.4, 0.5) is 35.3 Å². The molecule has 1 fully saturated rings. The first-order valence-corrected chi connectivity index (χ1v) is 12.6. The van der Waals surface area contributed by atoms with E-state index >= 15 is 0 Å². The van der Waals surface area contributed by atoms with E-state index in [1.54, 1.807) is 12.1 Å². The van der Waals surface area contributed by atoms with E-state index in [0.29, 0.717) is 23.8 Å². The molecule has 1 saturated heterocycles. The predicted octanol–water partition coefficient (Wildman–Crippen LogP) is 4.57. The summed E-state index contributed by atoms with van der Waals surface area (Å²) in [6.07, 6.45) is -2.63. The minimum absolute atomic E-state index is 0.116. The molecule has 0 aliphatic carbocycles. The fourth-order valence-corrected chi connectivity index (χ4v) is 4.95. The van der Waals surface area contributed by atoms with Crippen molar-refractivity contribution >= 4 is 35.0 Å². The lowest BCUT2D eigenvalue weighted by Crippen LogP contribution is -2.56. The fraction of sp³-hybridized carbons (Fsp3) is 0.346. The van der Waals surface area contributed by atoms with Gasteiger partial charge in [-0.1, -0.05) is 23.7 Å². The zero-order chi connectivity index (χ0) is 27.7. The standard InChI is InChI=1S/C26H25ClF3N5O4/c27-20-10-21-24(33-23(20)15-3-1-4-16(9-15)26(28,29)30)35(17-5-2-8-34(21)12-17)25(38)32-22-7-6-19(11-31-22)39-14-18(37)13-36/h1,3-4,6-7,9-11,17-18,36-37H,2,5,8,12-14H2,(H,31,32,38)/t17-,18+/m0/s1. The number of rotatable bonds is 6. The minimum Gasteiger partial charge on any atom is -0.489 e. The van der Waals surface area contributed by atoms with Gasteiger partial charge in [0.05, 0.1) is 40.8 Å². The monoisotopic (exact) mass is 563 g/mol. The predicted molar refractivity (Wildman–Crippen MR) is 139 cm³/mol. The molecule has 2 aliphatic rings. The van der Waals surface area contributed by atoms with Crippen molar-refractivity contribution in [3.8, 4) is 17.0 Å². The van der Waals surface area contributed by atoms with Crippen LogP contribution in [0.3, 0.4) is 0 Å². The molecule has 9 nitrogen and oxygen atoms in total. The van der Waals surface area contributed by atoms with Crippen molar-refractivity contribution in [3.05, 3.63) is 59.2 Å². The lowest BCUT2D eigenvalue weighted by atomic mass is 9.99. The molecule has 0 radical (unpaired) electrons. The molecule has 0 unspecified atom stereocenters. The van der Waals surface area contributed by atoms with Gasteiger partial charge in [-0.15, -0.1) is 0 Å². The number of hydrogen-bond acceptors (Lipinski definition) is 7. The first-order chi connectivity index (χ1) is 18.6. The smallest absolute Gasteiger partial charge is 0.416 e. The van der Waals surface area contributed by atoms with Gasteiger partial charge in [0.1, 0.15) is 24.3 Å². The van der Waals surface area contributed by atoms with Gasteiger partial charge in [-0.25, -0.2) is 14.8 Å². The van der Waals surface area contributed by atoms with Crippen LogP contribution in [0.5, 0.6) is 5.75 Å². The Kier molecular flexibility index (Phi) is 7.52. The number of benzene rings is 1. The van der Waals surface area contributed by atoms with Crippen molar-refractivity contribution in [2.24, 2.45) is 0 Å². The van der Waals surface area contributed by atoms with Crippen LogP contribution in [0, 0.1) is 0 Å². The number of alkyl halides is 3. The number of nitrogens with one attached hydrogen (secondary N) is 1. The molecule has 0 saturated carbocycles. The third kappa shape index (κ3) is 5.72. The van der Waals surface area contributed by atoms with Crippen LogP contribution in [-0.4, -0.2) is 64.7 Å². The molecule has 3 N–H and O–H groups in total. The van der Waals surface area contributed by atoms with Crippen LogP contribution in [-0.2, 0) is 6.18 Å². The van der Waals surface area contributed by atoms with Gasteiger partial charge >= 0.3 is 12.2 Å². The summed E-state index contributed by atoms with van der Waals surface area (Å²) < 4.78 is 45.4. The number of halogens is 4. The second-order valence-corrected chi connectivity index (χ2v) is 9.72. The Hall–Kier alpha value is -3.61. The van der Waals surface area contributed by atoms with E-state index in [1.807, 2.05) is 0 Å². The number of amides is 2. The number of aromatic nitrogens is 2. The maximum Gasteiger partial charge on any atom is 0.416 e. The second kappa shape index (κ2) is 10.9. The average Bonchev–Trinajstić information content (AvgIpc) is 2.92. The molecule has 4 heterocycles. The van der Waals surface area contributed by atoms with Crippen LogP contribution < -0.4 is 19.9 Å². The molecule has 2 atom stereocenters. The van der Waals surface area contributed by atoms with Crippen LogP contribution in [0.2, 0.25) is 5.02 Å². The molecule has 39 heavy (non-hydrogen) atoms. The number of hydrogen-bond donors (Lipinski definition) is 3. The van der Waals surface area contributed by atoms with Crippen molar-refractivity contribution in [1.29, 1.82) is 0 Å². The number of fused-ring (bicyclic) bond motifs is 4. The molecular weight excluding hydrogens is 539 g/mol. The Labute approximate surface area is 226 Å². The van der Waals surface area contributed by atoms with Gasteiger partial charge in [-0.05, 0) is 43.2 Å². The number of aliphatic hydroxyl groups excluding tert-OH is 2. The minimum atomic E-state index is -4.53. The molecule has 3 aromatic rings. The third-order valence-corrected chi connectivity index (χ3v) is 6.86. The lowest BCUT2D eigenvalue weighted by molar-refractivity contribution is -0.137. The van der Waals surface area contributed by atoms with E-state index in [9.17, 15) is 23.1 Å². The van der Waals surface area contributed by atoms with Gasteiger partial charge in [0, 0.05) is 18.7 Å². The van der Waals surface area contributed by atoms with Gasteiger partial charge in [0.25, 0.3) is 0 Å². The highest BCUT2D eigenvalue weighted by molar-refractivity contribution is 6.33. The van der Waals surface area contributed by atoms with E-state index in [0.717, 1.165) is 31.5 Å². The molecule has 2 bridgehead atoms. The fourth-order valence-electron chi connectivity index (χ4n) is 4.70. The zero-order valence-corrected chi connectivity index (χ0v) is 21.3. The Balaban J connectivity index is 1.45. The van der Waals surface area contributed by atoms with Crippen LogP contribution in [0.25, 0.3) is 11.3 Å². The highest BCUT2D eigenvalue weighted by Crippen LogP contribution is 2.43. The average molecular weight is 564 g/mol. The van der Waals surface area contributed by atoms with Crippen LogP contribution >= 0.6 is 11.6 Å². The number of nitrogens with zero attached hydrogens (tertiary/aromatic N) is 4. The lowest BCUT2D eigenvalue weighted by Gasteiger charge is -2.46. The molecule has 13 heteroatoms. The van der Waals surface area contributed by atoms with Crippen molar-refractivity contribution in [3.63, 3.8) is 0 Å². The van der Waals surface area contributed by atoms with Gasteiger partial charge in [-0.2, -0.15) is 13.2 Å². The summed E-state index contributed by atoms with van der Waals surface area (Å²) in [5, 5.41) is 21.3. The number of aliphatic hydroxyl groups is 2. The van der Waals surface area contributed by atoms with Gasteiger partial charge < -0.3 is 19.8 Å². The van der Waals surface area contributed by atoms with Gasteiger partial charge in [0.2, 0.25) is 0 Å². The first-order valence-electron chi connectivity index (χ1n) is 12.2. The molecule has 206 valence electrons. The SMILES string of the molecule is O=C(Nc1ccc(OC[C@H](O)CO)cn1)N1c2nc(-c3cccc(C(F)(F)F)c3)c(Cl)cc2N2CCC[C@H]1C2. The molecule has 0 spiro atoms. The number of piperidine rings is 1. The van der Waals surface area contributed by atoms with Crippen LogP contribution in [0.1, 0.15) is 18.4 Å². The normalized spacial score (nSPS) is 17.4. The number of ether oxygens (including phenoxy) is 1. The summed E-state index contributed by atoms with van der Waals surface area (Å²) in [4.78, 5) is 25.9. The summed E-state index contributed by atoms with van der Waals surface area (Å²) in [6.45, 7) is 0.754. The number of carbonyl (C=O) groups is 1. The molecule has 2 aromatic heterocycles. The summed E-state index contributed by atoms with van der Waals surface area (Å²) in [7, 11) is 0. The molecule has 2 aliphatic heterocycles. The summed E-state index contributed by atoms with van der Waals surface area (Å²) in [5.41, 5.74) is 0.133. The molecule has 1 aromatic carbocycles. The molecule has 2 amide bonds. The van der Waals surface area contributed by atoms with E-state index < -0.39 is 30.5 Å². The van der Waals surface area contributed by atoms with Crippen molar-refractivity contribution < 1.29 is 32.9 Å². The Morgan fingerprint density at radius 3 is 2.79 bits per heavy atom. The van der Waals surface area contributed by atoms with Crippen LogP contribution in [0.15, 0.2) is 48.7 Å². The van der Waals surface area contributed by atoms with Crippen molar-refractivity contribution in [2.75, 3.05) is 41.4 Å². The number of anilines is 3. The first kappa shape index (κ1) is 27.0.